The number of nitrogens with one attached hydrogen (secondary N) is 10. The third-order valence-corrected chi connectivity index (χ3v) is 21.7. The quantitative estimate of drug-likeness (QED) is 0.0622. The first-order chi connectivity index (χ1) is 55.2. The summed E-state index contributed by atoms with van der Waals surface area (Å²) in [6.45, 7) is 13.5. The minimum absolute atomic E-state index is 0.00638. The molecule has 0 saturated carbocycles. The van der Waals surface area contributed by atoms with Gasteiger partial charge < -0.3 is 82.3 Å². The number of likely N-dealkylation sites (tertiary alicyclic amines) is 2. The fourth-order valence-electron chi connectivity index (χ4n) is 14.6. The minimum Gasteiger partial charge on any atom is -0.487 e. The number of hydrogen-bond donors (Lipinski definition) is 12. The molecule has 6 aromatic carbocycles. The molecule has 7 aromatic rings. The Bertz CT molecular complexity index is 4810. The monoisotopic (exact) mass is 1590 g/mol. The Labute approximate surface area is 672 Å². The average molecular weight is 1590 g/mol. The maximum Gasteiger partial charge on any atom is 0.326 e. The Morgan fingerprint density at radius 2 is 1.03 bits per heavy atom. The van der Waals surface area contributed by atoms with Gasteiger partial charge in [0.15, 0.2) is 0 Å². The molecule has 9 amide bonds. The molecule has 0 spiro atoms. The maximum absolute atomic E-state index is 15.5. The molecule has 8 heterocycles. The van der Waals surface area contributed by atoms with Crippen LogP contribution in [0.2, 0.25) is 0 Å². The number of hydrazine groups is 2. The van der Waals surface area contributed by atoms with E-state index < -0.39 is 155 Å². The van der Waals surface area contributed by atoms with Gasteiger partial charge in [0.05, 0.1) is 42.5 Å². The van der Waals surface area contributed by atoms with E-state index in [1.54, 1.807) is 135 Å². The van der Waals surface area contributed by atoms with Gasteiger partial charge in [0.1, 0.15) is 78.7 Å². The van der Waals surface area contributed by atoms with Crippen LogP contribution in [0.15, 0.2) is 152 Å². The topological polar surface area (TPSA) is 411 Å². The molecule has 2 saturated heterocycles. The van der Waals surface area contributed by atoms with Crippen molar-refractivity contribution in [2.75, 3.05) is 47.4 Å². The van der Waals surface area contributed by atoms with Crippen LogP contribution in [-0.4, -0.2) is 224 Å². The Balaban J connectivity index is 0.943. The largest absolute Gasteiger partial charge is 0.487 e. The molecule has 1 aromatic heterocycles. The van der Waals surface area contributed by atoms with Crippen molar-refractivity contribution >= 4 is 86.6 Å². The van der Waals surface area contributed by atoms with E-state index in [0.717, 1.165) is 21.5 Å². The Morgan fingerprint density at radius 3 is 1.51 bits per heavy atom. The first-order valence-electron chi connectivity index (χ1n) is 39.0. The molecule has 12 N–H and O–H groups in total. The molecule has 2 fully saturated rings. The third-order valence-electron chi connectivity index (χ3n) is 21.7. The molecule has 32 heteroatoms. The molecule has 32 nitrogen and oxygen atoms in total. The molecule has 0 radical (unpaired) electrons. The molecule has 7 aliphatic heterocycles. The third kappa shape index (κ3) is 21.3. The van der Waals surface area contributed by atoms with E-state index in [2.05, 4.69) is 63.8 Å². The summed E-state index contributed by atoms with van der Waals surface area (Å²) in [6.07, 6.45) is 2.34. The average Bonchev–Trinajstić information content (AvgIpc) is 1.25. The fraction of sp³-hybridized carbons (Fsp3) is 0.440. The number of carbonyl (C=O) groups is 11. The van der Waals surface area contributed by atoms with Crippen LogP contribution in [0.5, 0.6) is 11.5 Å². The standard InChI is InChI=1S/C84H105N17O15/c1-48(85-9)73(104)91-71(83(3,4)5)80(111)98-44-60-40-68(98)77(108)87-64(38-52-20-26-54-16-12-14-18-56(54)34-52)75(106)89-66(79(110)97(11)33-32-70(102)103)36-50-22-28-62(29-23-50)115-46-58-42-101(95-93-58)61-41-69(99(45-61)81(112)72(84(6,7)8)92-74(105)49(2)86-10)78(109)88-65(39-53-21-27-55-17-13-15-19-57(55)35-53)76(107)90-67(82(113)114)37-51-24-30-63(31-25-51)116-47-59-43-100(60)96-94-59/h12-31,34-35,42-43,48-49,60-61,64-69,71-72,85-86,94,96H,32-33,36-41,44-47H2,1-11H3,(H,87,108)(H,88,109)(H,89,106)(H,90,107)(H,91,104)(H,92,105)(H,102,103)(H,113,114)/t48-,49-,60-,61-,64-,65-,66-,67-,68-,69-,71+,72+/m0/s1. The van der Waals surface area contributed by atoms with Crippen molar-refractivity contribution in [2.24, 2.45) is 10.8 Å². The Morgan fingerprint density at radius 1 is 0.578 bits per heavy atom. The second kappa shape index (κ2) is 37.1. The number of carbonyl (C=O) groups excluding carboxylic acids is 9. The van der Waals surface area contributed by atoms with Crippen molar-refractivity contribution in [1.82, 2.24) is 88.2 Å². The van der Waals surface area contributed by atoms with Crippen LogP contribution >= 0.6 is 0 Å². The number of fused-ring (bicyclic) bond motifs is 2. The van der Waals surface area contributed by atoms with Gasteiger partial charge in [-0.15, -0.1) is 10.6 Å². The number of nitrogens with zero attached hydrogens (tertiary/aromatic N) is 7. The van der Waals surface area contributed by atoms with E-state index in [1.807, 2.05) is 84.9 Å². The summed E-state index contributed by atoms with van der Waals surface area (Å²) >= 11 is 0. The Kier molecular flexibility index (Phi) is 27.1. The maximum atomic E-state index is 15.5. The summed E-state index contributed by atoms with van der Waals surface area (Å²) in [6, 6.07) is 26.3. The van der Waals surface area contributed by atoms with Gasteiger partial charge >= 0.3 is 11.9 Å². The zero-order valence-corrected chi connectivity index (χ0v) is 67.1. The fourth-order valence-corrected chi connectivity index (χ4v) is 14.6. The van der Waals surface area contributed by atoms with E-state index in [4.69, 9.17) is 9.47 Å². The molecule has 0 unspecified atom stereocenters. The molecule has 0 aliphatic carbocycles. The summed E-state index contributed by atoms with van der Waals surface area (Å²) in [4.78, 5) is 163. The predicted molar refractivity (Wildman–Crippen MR) is 430 cm³/mol. The first kappa shape index (κ1) is 84.9. The van der Waals surface area contributed by atoms with Gasteiger partial charge in [-0.05, 0) is 107 Å². The zero-order valence-electron chi connectivity index (χ0n) is 67.1. The number of carboxylic acid groups (broad SMARTS) is 2. The number of amides is 9. The van der Waals surface area contributed by atoms with E-state index in [-0.39, 0.29) is 71.4 Å². The second-order valence-corrected chi connectivity index (χ2v) is 32.4. The summed E-state index contributed by atoms with van der Waals surface area (Å²) in [5.41, 5.74) is 7.60. The highest BCUT2D eigenvalue weighted by molar-refractivity contribution is 5.99. The van der Waals surface area contributed by atoms with Crippen molar-refractivity contribution in [1.29, 1.82) is 0 Å². The summed E-state index contributed by atoms with van der Waals surface area (Å²) in [7, 11) is 4.65. The number of ether oxygens (including phenoxy) is 2. The smallest absolute Gasteiger partial charge is 0.326 e. The molecule has 12 bridgehead atoms. The Hall–Kier alpha value is -12.0. The lowest BCUT2D eigenvalue weighted by Crippen LogP contribution is -2.61. The highest BCUT2D eigenvalue weighted by Gasteiger charge is 2.50. The van der Waals surface area contributed by atoms with E-state index >= 15 is 24.0 Å². The van der Waals surface area contributed by atoms with Gasteiger partial charge in [-0.25, -0.2) is 9.48 Å². The predicted octanol–water partition coefficient (Wildman–Crippen LogP) is 3.34. The van der Waals surface area contributed by atoms with Crippen LogP contribution < -0.4 is 63.0 Å². The van der Waals surface area contributed by atoms with Crippen LogP contribution in [0.25, 0.3) is 21.5 Å². The first-order valence-corrected chi connectivity index (χ1v) is 39.0. The van der Waals surface area contributed by atoms with Gasteiger partial charge in [-0.1, -0.05) is 156 Å². The van der Waals surface area contributed by atoms with Gasteiger partial charge in [0, 0.05) is 71.4 Å². The van der Waals surface area contributed by atoms with Crippen molar-refractivity contribution < 1.29 is 72.4 Å². The van der Waals surface area contributed by atoms with Crippen LogP contribution in [0.4, 0.5) is 0 Å². The van der Waals surface area contributed by atoms with E-state index in [9.17, 15) is 39.0 Å². The minimum atomic E-state index is -1.52. The number of aromatic nitrogens is 3. The lowest BCUT2D eigenvalue weighted by atomic mass is 9.85. The number of likely N-dealkylation sites (N-methyl/N-ethyl adjacent to an activating group) is 3. The van der Waals surface area contributed by atoms with E-state index in [1.165, 1.54) is 26.4 Å². The molecular weight excluding hydrogens is 1490 g/mol. The zero-order chi connectivity index (χ0) is 83.4. The molecule has 616 valence electrons. The van der Waals surface area contributed by atoms with Gasteiger partial charge in [0.2, 0.25) is 53.2 Å². The number of benzene rings is 6. The van der Waals surface area contributed by atoms with Crippen LogP contribution in [0.1, 0.15) is 109 Å². The number of hydrogen-bond acceptors (Lipinski definition) is 20. The van der Waals surface area contributed by atoms with Crippen LogP contribution in [0, 0.1) is 10.8 Å². The van der Waals surface area contributed by atoms with Crippen LogP contribution in [0.3, 0.4) is 0 Å². The number of aliphatic carboxylic acids is 2. The molecule has 14 rings (SSSR count). The lowest BCUT2D eigenvalue weighted by Gasteiger charge is -2.36. The lowest BCUT2D eigenvalue weighted by molar-refractivity contribution is -0.145. The molecular formula is C84H105N17O15. The van der Waals surface area contributed by atoms with Gasteiger partial charge in [0.25, 0.3) is 0 Å². The summed E-state index contributed by atoms with van der Waals surface area (Å²) in [5.74, 6) is -7.56. The SMILES string of the molecule is CN[C@@H](C)C(=O)N[C@H](C(=O)N1C[C@@H]2C[C@H]1C(=O)N[C@@H](Cc1ccc3ccccc3c1)C(=O)N[C@H](C(=O)O)Cc1ccc(cc1)OCC1=CN(NN1)[C@H]1C[C@@H](C(=O)N[C@@H](Cc3ccc4ccccc4c3)C(=O)N[C@H](C(=O)N(C)CCC(=O)O)Cc3ccc(cc3)OCc3cn2nn3)N(C(=O)[C@@H](NC(=O)[C@H](C)NC)C(C)(C)C)C1)C(C)(C)C. The normalized spacial score (nSPS) is 21.7. The van der Waals surface area contributed by atoms with Crippen molar-refractivity contribution in [3.05, 3.63) is 180 Å². The van der Waals surface area contributed by atoms with Gasteiger partial charge in [-0.3, -0.25) is 53.0 Å². The highest BCUT2D eigenvalue weighted by atomic mass is 16.5. The number of carboxylic acids is 2. The molecule has 7 aliphatic rings. The van der Waals surface area contributed by atoms with Crippen molar-refractivity contribution in [3.8, 4) is 11.5 Å². The molecule has 12 atom stereocenters. The van der Waals surface area contributed by atoms with E-state index in [0.29, 0.717) is 45.1 Å². The molecule has 116 heavy (non-hydrogen) atoms. The highest BCUT2D eigenvalue weighted by Crippen LogP contribution is 2.34. The van der Waals surface area contributed by atoms with Crippen LogP contribution in [-0.2, 0) is 85.0 Å². The second-order valence-electron chi connectivity index (χ2n) is 32.4. The summed E-state index contributed by atoms with van der Waals surface area (Å²) in [5, 5.41) is 57.8. The van der Waals surface area contributed by atoms with Gasteiger partial charge in [-0.2, -0.15) is 0 Å². The number of rotatable bonds is 17. The summed E-state index contributed by atoms with van der Waals surface area (Å²) < 4.78 is 14.0. The van der Waals surface area contributed by atoms with Crippen molar-refractivity contribution in [3.63, 3.8) is 0 Å². The van der Waals surface area contributed by atoms with Crippen molar-refractivity contribution in [2.45, 2.75) is 179 Å².